The minimum absolute atomic E-state index is 0.118. The van der Waals surface area contributed by atoms with Gasteiger partial charge in [-0.3, -0.25) is 0 Å². The number of hydrogen-bond donors (Lipinski definition) is 0. The second kappa shape index (κ2) is 6.12. The summed E-state index contributed by atoms with van der Waals surface area (Å²) in [5.41, 5.74) is -0.242. The highest BCUT2D eigenvalue weighted by atomic mass is 35.5. The van der Waals surface area contributed by atoms with Crippen molar-refractivity contribution in [3.05, 3.63) is 53.0 Å². The zero-order valence-corrected chi connectivity index (χ0v) is 12.9. The highest BCUT2D eigenvalue weighted by Crippen LogP contribution is 2.34. The van der Waals surface area contributed by atoms with E-state index in [1.54, 1.807) is 31.2 Å². The first-order valence-corrected chi connectivity index (χ1v) is 7.02. The molecule has 0 saturated heterocycles. The van der Waals surface area contributed by atoms with E-state index in [0.29, 0.717) is 29.2 Å². The van der Waals surface area contributed by atoms with E-state index in [9.17, 15) is 13.2 Å². The number of benzene rings is 1. The second-order valence-corrected chi connectivity index (χ2v) is 5.18. The first-order valence-electron chi connectivity index (χ1n) is 6.64. The Morgan fingerprint density at radius 2 is 1.88 bits per heavy atom. The maximum Gasteiger partial charge on any atom is 0.417 e. The zero-order chi connectivity index (χ0) is 17.3. The Kier molecular flexibility index (Phi) is 4.15. The van der Waals surface area contributed by atoms with Gasteiger partial charge in [-0.1, -0.05) is 16.8 Å². The van der Waals surface area contributed by atoms with Gasteiger partial charge in [0.1, 0.15) is 10.8 Å². The molecular formula is C15H9ClF3N3O2. The summed E-state index contributed by atoms with van der Waals surface area (Å²) < 4.78 is 48.0. The summed E-state index contributed by atoms with van der Waals surface area (Å²) in [7, 11) is 0. The van der Waals surface area contributed by atoms with Crippen molar-refractivity contribution in [2.45, 2.75) is 13.1 Å². The van der Waals surface area contributed by atoms with E-state index in [2.05, 4.69) is 15.1 Å². The maximum atomic E-state index is 12.6. The van der Waals surface area contributed by atoms with Gasteiger partial charge in [0.15, 0.2) is 0 Å². The lowest BCUT2D eigenvalue weighted by Gasteiger charge is -2.10. The average molecular weight is 356 g/mol. The van der Waals surface area contributed by atoms with Crippen LogP contribution in [0.5, 0.6) is 11.6 Å². The minimum Gasteiger partial charge on any atom is -0.438 e. The van der Waals surface area contributed by atoms with Gasteiger partial charge in [-0.15, -0.1) is 0 Å². The lowest BCUT2D eigenvalue weighted by Crippen LogP contribution is -2.05. The third-order valence-corrected chi connectivity index (χ3v) is 3.26. The van der Waals surface area contributed by atoms with Crippen LogP contribution in [0.4, 0.5) is 13.2 Å². The number of halogens is 4. The molecule has 0 saturated carbocycles. The summed E-state index contributed by atoms with van der Waals surface area (Å²) in [4.78, 5) is 7.69. The molecule has 124 valence electrons. The van der Waals surface area contributed by atoms with Gasteiger partial charge in [-0.25, -0.2) is 4.98 Å². The van der Waals surface area contributed by atoms with Crippen LogP contribution in [0.3, 0.4) is 0 Å². The SMILES string of the molecule is Cc1nc(-c2ccc(Oc3ncc(C(F)(F)F)cc3Cl)cc2)no1. The molecule has 0 radical (unpaired) electrons. The Hall–Kier alpha value is -2.61. The molecule has 2 heterocycles. The maximum absolute atomic E-state index is 12.6. The van der Waals surface area contributed by atoms with Crippen molar-refractivity contribution in [1.82, 2.24) is 15.1 Å². The number of rotatable bonds is 3. The van der Waals surface area contributed by atoms with Gasteiger partial charge in [-0.2, -0.15) is 18.2 Å². The fourth-order valence-corrected chi connectivity index (χ4v) is 2.06. The fourth-order valence-electron chi connectivity index (χ4n) is 1.86. The van der Waals surface area contributed by atoms with Crippen molar-refractivity contribution in [2.75, 3.05) is 0 Å². The molecule has 0 amide bonds. The number of nitrogens with zero attached hydrogens (tertiary/aromatic N) is 3. The van der Waals surface area contributed by atoms with Gasteiger partial charge in [0, 0.05) is 18.7 Å². The Morgan fingerprint density at radius 3 is 2.42 bits per heavy atom. The van der Waals surface area contributed by atoms with E-state index in [4.69, 9.17) is 20.9 Å². The van der Waals surface area contributed by atoms with Crippen LogP contribution in [0.25, 0.3) is 11.4 Å². The quantitative estimate of drug-likeness (QED) is 0.668. The molecule has 2 aromatic heterocycles. The molecule has 0 unspecified atom stereocenters. The highest BCUT2D eigenvalue weighted by Gasteiger charge is 2.31. The van der Waals surface area contributed by atoms with Gasteiger partial charge in [0.2, 0.25) is 17.6 Å². The van der Waals surface area contributed by atoms with E-state index < -0.39 is 11.7 Å². The largest absolute Gasteiger partial charge is 0.438 e. The second-order valence-electron chi connectivity index (χ2n) is 4.77. The Labute approximate surface area is 139 Å². The predicted octanol–water partition coefficient (Wildman–Crippen LogP) is 4.90. The van der Waals surface area contributed by atoms with Crippen LogP contribution < -0.4 is 4.74 Å². The van der Waals surface area contributed by atoms with Crippen molar-refractivity contribution in [3.63, 3.8) is 0 Å². The van der Waals surface area contributed by atoms with Crippen molar-refractivity contribution in [1.29, 1.82) is 0 Å². The van der Waals surface area contributed by atoms with Crippen LogP contribution in [0, 0.1) is 6.92 Å². The van der Waals surface area contributed by atoms with Gasteiger partial charge < -0.3 is 9.26 Å². The smallest absolute Gasteiger partial charge is 0.417 e. The molecule has 0 N–H and O–H groups in total. The Morgan fingerprint density at radius 1 is 1.17 bits per heavy atom. The molecule has 3 rings (SSSR count). The van der Waals surface area contributed by atoms with E-state index in [1.165, 1.54) is 0 Å². The molecule has 0 bridgehead atoms. The van der Waals surface area contributed by atoms with E-state index in [1.807, 2.05) is 0 Å². The number of pyridine rings is 1. The number of ether oxygens (including phenoxy) is 1. The summed E-state index contributed by atoms with van der Waals surface area (Å²) in [5.74, 6) is 1.09. The zero-order valence-electron chi connectivity index (χ0n) is 12.1. The fraction of sp³-hybridized carbons (Fsp3) is 0.133. The molecule has 0 aliphatic rings. The van der Waals surface area contributed by atoms with E-state index >= 15 is 0 Å². The van der Waals surface area contributed by atoms with E-state index in [0.717, 1.165) is 6.07 Å². The van der Waals surface area contributed by atoms with Crippen molar-refractivity contribution in [3.8, 4) is 23.0 Å². The molecule has 3 aromatic rings. The number of alkyl halides is 3. The van der Waals surface area contributed by atoms with Crippen molar-refractivity contribution < 1.29 is 22.4 Å². The van der Waals surface area contributed by atoms with Crippen LogP contribution in [0.1, 0.15) is 11.5 Å². The normalized spacial score (nSPS) is 11.5. The molecule has 9 heteroatoms. The molecule has 1 aromatic carbocycles. The minimum atomic E-state index is -4.51. The number of aryl methyl sites for hydroxylation is 1. The Bertz CT molecular complexity index is 863. The molecule has 5 nitrogen and oxygen atoms in total. The molecule has 0 aliphatic carbocycles. The third kappa shape index (κ3) is 3.48. The summed E-state index contributed by atoms with van der Waals surface area (Å²) in [6.45, 7) is 1.67. The third-order valence-electron chi connectivity index (χ3n) is 2.99. The summed E-state index contributed by atoms with van der Waals surface area (Å²) in [6, 6.07) is 7.31. The summed E-state index contributed by atoms with van der Waals surface area (Å²) in [5, 5.41) is 3.55. The van der Waals surface area contributed by atoms with Gasteiger partial charge in [0.05, 0.1) is 5.56 Å². The number of hydrogen-bond acceptors (Lipinski definition) is 5. The Balaban J connectivity index is 1.79. The molecular weight excluding hydrogens is 347 g/mol. The number of aromatic nitrogens is 3. The standard InChI is InChI=1S/C15H9ClF3N3O2/c1-8-21-13(22-24-8)9-2-4-11(5-3-9)23-14-12(16)6-10(7-20-14)15(17,18)19/h2-7H,1H3. The van der Waals surface area contributed by atoms with E-state index in [-0.39, 0.29) is 10.9 Å². The van der Waals surface area contributed by atoms with Crippen LogP contribution >= 0.6 is 11.6 Å². The van der Waals surface area contributed by atoms with Crippen LogP contribution in [-0.4, -0.2) is 15.1 Å². The highest BCUT2D eigenvalue weighted by molar-refractivity contribution is 6.31. The molecule has 0 spiro atoms. The van der Waals surface area contributed by atoms with Crippen LogP contribution in [-0.2, 0) is 6.18 Å². The van der Waals surface area contributed by atoms with Gasteiger partial charge >= 0.3 is 6.18 Å². The van der Waals surface area contributed by atoms with Crippen molar-refractivity contribution >= 4 is 11.6 Å². The lowest BCUT2D eigenvalue weighted by atomic mass is 10.2. The van der Waals surface area contributed by atoms with Crippen molar-refractivity contribution in [2.24, 2.45) is 0 Å². The van der Waals surface area contributed by atoms with Crippen LogP contribution in [0.15, 0.2) is 41.1 Å². The monoisotopic (exact) mass is 355 g/mol. The van der Waals surface area contributed by atoms with Crippen LogP contribution in [0.2, 0.25) is 5.02 Å². The lowest BCUT2D eigenvalue weighted by molar-refractivity contribution is -0.137. The van der Waals surface area contributed by atoms with Gasteiger partial charge in [0.25, 0.3) is 0 Å². The molecule has 24 heavy (non-hydrogen) atoms. The first-order chi connectivity index (χ1) is 11.3. The molecule has 0 atom stereocenters. The predicted molar refractivity (Wildman–Crippen MR) is 78.8 cm³/mol. The average Bonchev–Trinajstić information content (AvgIpc) is 2.95. The topological polar surface area (TPSA) is 61.0 Å². The summed E-state index contributed by atoms with van der Waals surface area (Å²) in [6.07, 6.45) is -3.85. The summed E-state index contributed by atoms with van der Waals surface area (Å²) >= 11 is 5.80. The first kappa shape index (κ1) is 16.3. The molecule has 0 fully saturated rings. The molecule has 0 aliphatic heterocycles. The van der Waals surface area contributed by atoms with Gasteiger partial charge in [-0.05, 0) is 30.3 Å².